The second-order valence-corrected chi connectivity index (χ2v) is 6.58. The Morgan fingerprint density at radius 1 is 1.21 bits per heavy atom. The Morgan fingerprint density at radius 2 is 1.93 bits per heavy atom. The molecule has 2 aromatic carbocycles. The topological polar surface area (TPSA) is 69.3 Å². The van der Waals surface area contributed by atoms with Gasteiger partial charge in [0, 0.05) is 31.8 Å². The fraction of sp³-hybridized carbons (Fsp3) is 0.381. The molecule has 2 amide bonds. The Labute approximate surface area is 165 Å². The molecule has 0 radical (unpaired) electrons. The normalized spacial score (nSPS) is 18.0. The average molecular weight is 386 g/mol. The van der Waals surface area contributed by atoms with Crippen molar-refractivity contribution in [2.24, 2.45) is 0 Å². The third-order valence-electron chi connectivity index (χ3n) is 4.57. The van der Waals surface area contributed by atoms with Crippen LogP contribution in [0.5, 0.6) is 17.2 Å². The number of amides is 2. The minimum Gasteiger partial charge on any atom is -0.464 e. The van der Waals surface area contributed by atoms with E-state index in [0.29, 0.717) is 29.7 Å². The summed E-state index contributed by atoms with van der Waals surface area (Å²) in [6.45, 7) is 4.75. The molecule has 1 N–H and O–H groups in total. The zero-order chi connectivity index (χ0) is 20.1. The van der Waals surface area contributed by atoms with Gasteiger partial charge in [-0.25, -0.2) is 9.86 Å². The highest BCUT2D eigenvalue weighted by Gasteiger charge is 2.26. The Balaban J connectivity index is 1.67. The largest absolute Gasteiger partial charge is 0.464 e. The first-order valence-corrected chi connectivity index (χ1v) is 9.29. The molecule has 150 valence electrons. The Hall–Kier alpha value is -2.77. The summed E-state index contributed by atoms with van der Waals surface area (Å²) in [6.07, 6.45) is 0.614. The van der Waals surface area contributed by atoms with Crippen LogP contribution >= 0.6 is 0 Å². The summed E-state index contributed by atoms with van der Waals surface area (Å²) in [6, 6.07) is 12.6. The molecule has 0 aliphatic carbocycles. The first-order valence-electron chi connectivity index (χ1n) is 9.29. The Bertz CT molecular complexity index is 809. The molecule has 0 saturated carbocycles. The van der Waals surface area contributed by atoms with Crippen molar-refractivity contribution in [3.63, 3.8) is 0 Å². The summed E-state index contributed by atoms with van der Waals surface area (Å²) >= 11 is 0. The number of hydroxylamine groups is 2. The van der Waals surface area contributed by atoms with Crippen molar-refractivity contribution in [2.75, 3.05) is 26.1 Å². The maximum absolute atomic E-state index is 11.8. The molecule has 0 saturated heterocycles. The maximum atomic E-state index is 11.8. The summed E-state index contributed by atoms with van der Waals surface area (Å²) in [5.74, 6) is 2.49. The van der Waals surface area contributed by atoms with Gasteiger partial charge in [-0.05, 0) is 48.7 Å². The maximum Gasteiger partial charge on any atom is 0.345 e. The Morgan fingerprint density at radius 3 is 2.61 bits per heavy atom. The highest BCUT2D eigenvalue weighted by molar-refractivity contribution is 5.88. The number of hydrogen-bond acceptors (Lipinski definition) is 5. The number of anilines is 1. The SMILES string of the molecule is CCOC1CC(C)c2ccc(Oc3ccc(NC(=O)N(C)OC)cc3)cc2O1. The molecule has 7 nitrogen and oxygen atoms in total. The van der Waals surface area contributed by atoms with Gasteiger partial charge in [-0.15, -0.1) is 0 Å². The lowest BCUT2D eigenvalue weighted by Gasteiger charge is -2.30. The number of ether oxygens (including phenoxy) is 3. The van der Waals surface area contributed by atoms with Crippen LogP contribution in [0.2, 0.25) is 0 Å². The third-order valence-corrected chi connectivity index (χ3v) is 4.57. The zero-order valence-corrected chi connectivity index (χ0v) is 16.6. The van der Waals surface area contributed by atoms with E-state index < -0.39 is 0 Å². The standard InChI is InChI=1S/C21H26N2O5/c1-5-26-20-12-14(2)18-11-10-17(13-19(18)28-20)27-16-8-6-15(7-9-16)22-21(24)23(3)25-4/h6-11,13-14,20H,5,12H2,1-4H3,(H,22,24). The van der Waals surface area contributed by atoms with Crippen molar-refractivity contribution < 1.29 is 23.8 Å². The van der Waals surface area contributed by atoms with E-state index in [1.54, 1.807) is 24.3 Å². The molecule has 1 heterocycles. The van der Waals surface area contributed by atoms with Crippen molar-refractivity contribution in [2.45, 2.75) is 32.5 Å². The summed E-state index contributed by atoms with van der Waals surface area (Å²) < 4.78 is 17.5. The number of nitrogens with one attached hydrogen (secondary N) is 1. The van der Waals surface area contributed by atoms with Crippen molar-refractivity contribution >= 4 is 11.7 Å². The van der Waals surface area contributed by atoms with Gasteiger partial charge in [0.2, 0.25) is 0 Å². The summed E-state index contributed by atoms with van der Waals surface area (Å²) in [7, 11) is 2.96. The molecule has 1 aliphatic heterocycles. The van der Waals surface area contributed by atoms with Gasteiger partial charge < -0.3 is 19.5 Å². The molecule has 0 bridgehead atoms. The molecular formula is C21H26N2O5. The van der Waals surface area contributed by atoms with Gasteiger partial charge in [-0.1, -0.05) is 13.0 Å². The van der Waals surface area contributed by atoms with Gasteiger partial charge >= 0.3 is 6.03 Å². The van der Waals surface area contributed by atoms with Crippen molar-refractivity contribution in [1.82, 2.24) is 5.06 Å². The number of carbonyl (C=O) groups is 1. The second-order valence-electron chi connectivity index (χ2n) is 6.58. The third kappa shape index (κ3) is 4.74. The van der Waals surface area contributed by atoms with Crippen LogP contribution in [0.25, 0.3) is 0 Å². The van der Waals surface area contributed by atoms with E-state index in [-0.39, 0.29) is 12.3 Å². The smallest absolute Gasteiger partial charge is 0.345 e. The van der Waals surface area contributed by atoms with Gasteiger partial charge in [0.25, 0.3) is 0 Å². The second kappa shape index (κ2) is 8.95. The molecule has 3 rings (SSSR count). The summed E-state index contributed by atoms with van der Waals surface area (Å²) in [5.41, 5.74) is 1.80. The number of nitrogens with zero attached hydrogens (tertiary/aromatic N) is 1. The fourth-order valence-corrected chi connectivity index (χ4v) is 3.01. The van der Waals surface area contributed by atoms with Crippen LogP contribution in [0, 0.1) is 0 Å². The van der Waals surface area contributed by atoms with Gasteiger partial charge in [0.05, 0.1) is 7.11 Å². The average Bonchev–Trinajstić information content (AvgIpc) is 2.69. The van der Waals surface area contributed by atoms with E-state index in [9.17, 15) is 4.79 Å². The highest BCUT2D eigenvalue weighted by atomic mass is 16.7. The summed E-state index contributed by atoms with van der Waals surface area (Å²) in [5, 5.41) is 3.82. The molecule has 2 aromatic rings. The zero-order valence-electron chi connectivity index (χ0n) is 16.6. The van der Waals surface area contributed by atoms with Gasteiger partial charge in [0.1, 0.15) is 17.2 Å². The van der Waals surface area contributed by atoms with E-state index >= 15 is 0 Å². The number of rotatable bonds is 6. The number of fused-ring (bicyclic) bond motifs is 1. The lowest BCUT2D eigenvalue weighted by atomic mass is 9.94. The Kier molecular flexibility index (Phi) is 6.38. The van der Waals surface area contributed by atoms with Crippen LogP contribution in [0.15, 0.2) is 42.5 Å². The van der Waals surface area contributed by atoms with E-state index in [1.807, 2.05) is 25.1 Å². The van der Waals surface area contributed by atoms with Gasteiger partial charge in [-0.2, -0.15) is 0 Å². The number of benzene rings is 2. The van der Waals surface area contributed by atoms with Crippen LogP contribution in [0.3, 0.4) is 0 Å². The minimum absolute atomic E-state index is 0.226. The molecule has 28 heavy (non-hydrogen) atoms. The molecule has 0 spiro atoms. The number of hydrogen-bond donors (Lipinski definition) is 1. The van der Waals surface area contributed by atoms with Crippen LogP contribution < -0.4 is 14.8 Å². The predicted octanol–water partition coefficient (Wildman–Crippen LogP) is 4.75. The van der Waals surface area contributed by atoms with Gasteiger partial charge in [0.15, 0.2) is 6.29 Å². The molecule has 2 unspecified atom stereocenters. The lowest BCUT2D eigenvalue weighted by Crippen LogP contribution is -2.30. The number of urea groups is 1. The summed E-state index contributed by atoms with van der Waals surface area (Å²) in [4.78, 5) is 16.6. The molecule has 7 heteroatoms. The predicted molar refractivity (Wildman–Crippen MR) is 106 cm³/mol. The lowest BCUT2D eigenvalue weighted by molar-refractivity contribution is -0.0906. The van der Waals surface area contributed by atoms with E-state index in [2.05, 4.69) is 12.2 Å². The van der Waals surface area contributed by atoms with Crippen molar-refractivity contribution in [1.29, 1.82) is 0 Å². The van der Waals surface area contributed by atoms with E-state index in [4.69, 9.17) is 19.0 Å². The van der Waals surface area contributed by atoms with Crippen LogP contribution in [-0.4, -0.2) is 38.1 Å². The molecule has 2 atom stereocenters. The monoisotopic (exact) mass is 386 g/mol. The highest BCUT2D eigenvalue weighted by Crippen LogP contribution is 2.39. The van der Waals surface area contributed by atoms with E-state index in [0.717, 1.165) is 22.8 Å². The molecule has 0 aromatic heterocycles. The van der Waals surface area contributed by atoms with Crippen LogP contribution in [0.4, 0.5) is 10.5 Å². The molecule has 1 aliphatic rings. The first kappa shape index (κ1) is 20.0. The molecule has 0 fully saturated rings. The van der Waals surface area contributed by atoms with Crippen LogP contribution in [-0.2, 0) is 9.57 Å². The fourth-order valence-electron chi connectivity index (χ4n) is 3.01. The molecular weight excluding hydrogens is 360 g/mol. The van der Waals surface area contributed by atoms with Crippen molar-refractivity contribution in [3.05, 3.63) is 48.0 Å². The van der Waals surface area contributed by atoms with Crippen LogP contribution in [0.1, 0.15) is 31.7 Å². The number of carbonyl (C=O) groups excluding carboxylic acids is 1. The minimum atomic E-state index is -0.360. The van der Waals surface area contributed by atoms with E-state index in [1.165, 1.54) is 14.2 Å². The van der Waals surface area contributed by atoms with Gasteiger partial charge in [-0.3, -0.25) is 4.84 Å². The quantitative estimate of drug-likeness (QED) is 0.726. The van der Waals surface area contributed by atoms with Crippen molar-refractivity contribution in [3.8, 4) is 17.2 Å². The first-order chi connectivity index (χ1) is 13.5.